The Kier molecular flexibility index (Phi) is 6.70. The van der Waals surface area contributed by atoms with Crippen molar-refractivity contribution in [1.29, 1.82) is 5.26 Å². The number of rotatable bonds is 7. The number of likely N-dealkylation sites (N-methyl/N-ethyl adjacent to an activating group) is 1. The summed E-state index contributed by atoms with van der Waals surface area (Å²) < 4.78 is 18.8. The number of benzene rings is 2. The molecule has 0 aliphatic carbocycles. The molecule has 2 aromatic rings. The number of hydrogen-bond acceptors (Lipinski definition) is 4. The molecule has 0 heterocycles. The standard InChI is InChI=1S/C20H22FN3O2/c1-4-24(13-16-7-10-19(26-3)18(21)11-16)14(2)20(25)23-17-8-5-15(12-22)6-9-17/h5-11,14H,4,13H2,1-3H3,(H,23,25)/t14-/m1/s1. The molecule has 0 fully saturated rings. The van der Waals surface area contributed by atoms with Gasteiger partial charge in [0.25, 0.3) is 0 Å². The molecule has 0 unspecified atom stereocenters. The molecule has 26 heavy (non-hydrogen) atoms. The van der Waals surface area contributed by atoms with Crippen molar-refractivity contribution in [2.24, 2.45) is 0 Å². The second-order valence-electron chi connectivity index (χ2n) is 5.89. The van der Waals surface area contributed by atoms with Crippen molar-refractivity contribution in [3.8, 4) is 11.8 Å². The highest BCUT2D eigenvalue weighted by Crippen LogP contribution is 2.19. The second-order valence-corrected chi connectivity index (χ2v) is 5.89. The molecule has 136 valence electrons. The molecule has 5 nitrogen and oxygen atoms in total. The normalized spacial score (nSPS) is 11.7. The molecule has 0 saturated carbocycles. The van der Waals surface area contributed by atoms with Crippen molar-refractivity contribution in [3.63, 3.8) is 0 Å². The van der Waals surface area contributed by atoms with E-state index >= 15 is 0 Å². The number of carbonyl (C=O) groups is 1. The van der Waals surface area contributed by atoms with E-state index < -0.39 is 11.9 Å². The number of ether oxygens (including phenoxy) is 1. The zero-order chi connectivity index (χ0) is 19.1. The van der Waals surface area contributed by atoms with Crippen LogP contribution in [0.25, 0.3) is 0 Å². The minimum atomic E-state index is -0.421. The van der Waals surface area contributed by atoms with Crippen LogP contribution in [0.3, 0.4) is 0 Å². The average Bonchev–Trinajstić information content (AvgIpc) is 2.66. The summed E-state index contributed by atoms with van der Waals surface area (Å²) in [5.41, 5.74) is 1.93. The number of methoxy groups -OCH3 is 1. The lowest BCUT2D eigenvalue weighted by Gasteiger charge is -2.27. The van der Waals surface area contributed by atoms with E-state index in [4.69, 9.17) is 10.00 Å². The van der Waals surface area contributed by atoms with Crippen LogP contribution < -0.4 is 10.1 Å². The van der Waals surface area contributed by atoms with Gasteiger partial charge in [-0.25, -0.2) is 4.39 Å². The van der Waals surface area contributed by atoms with Crippen molar-refractivity contribution < 1.29 is 13.9 Å². The molecule has 1 atom stereocenters. The summed E-state index contributed by atoms with van der Waals surface area (Å²) in [5.74, 6) is -0.385. The first-order valence-corrected chi connectivity index (χ1v) is 8.36. The number of carbonyl (C=O) groups excluding carboxylic acids is 1. The first-order chi connectivity index (χ1) is 12.5. The van der Waals surface area contributed by atoms with Gasteiger partial charge >= 0.3 is 0 Å². The lowest BCUT2D eigenvalue weighted by molar-refractivity contribution is -0.120. The van der Waals surface area contributed by atoms with Crippen LogP contribution in [-0.2, 0) is 11.3 Å². The molecule has 0 aliphatic rings. The fourth-order valence-electron chi connectivity index (χ4n) is 2.61. The van der Waals surface area contributed by atoms with Crippen LogP contribution in [0.1, 0.15) is 25.0 Å². The van der Waals surface area contributed by atoms with E-state index in [-0.39, 0.29) is 11.7 Å². The Morgan fingerprint density at radius 1 is 1.31 bits per heavy atom. The van der Waals surface area contributed by atoms with Gasteiger partial charge in [-0.3, -0.25) is 9.69 Å². The predicted molar refractivity (Wildman–Crippen MR) is 98.3 cm³/mol. The number of nitriles is 1. The molecular formula is C20H22FN3O2. The van der Waals surface area contributed by atoms with Crippen LogP contribution in [0.15, 0.2) is 42.5 Å². The minimum absolute atomic E-state index is 0.162. The van der Waals surface area contributed by atoms with E-state index in [1.54, 1.807) is 36.4 Å². The Bertz CT molecular complexity index is 800. The van der Waals surface area contributed by atoms with E-state index in [0.29, 0.717) is 24.3 Å². The van der Waals surface area contributed by atoms with Crippen molar-refractivity contribution in [1.82, 2.24) is 4.90 Å². The molecule has 0 aromatic heterocycles. The summed E-state index contributed by atoms with van der Waals surface area (Å²) in [6.07, 6.45) is 0. The second kappa shape index (κ2) is 8.97. The van der Waals surface area contributed by atoms with Gasteiger partial charge in [0.1, 0.15) is 0 Å². The summed E-state index contributed by atoms with van der Waals surface area (Å²) in [4.78, 5) is 14.5. The van der Waals surface area contributed by atoms with Crippen molar-refractivity contribution >= 4 is 11.6 Å². The highest BCUT2D eigenvalue weighted by molar-refractivity contribution is 5.94. The summed E-state index contributed by atoms with van der Waals surface area (Å²) in [6, 6.07) is 13.1. The molecule has 0 saturated heterocycles. The molecule has 0 spiro atoms. The topological polar surface area (TPSA) is 65.4 Å². The Labute approximate surface area is 153 Å². The first kappa shape index (κ1) is 19.4. The van der Waals surface area contributed by atoms with Gasteiger partial charge in [-0.05, 0) is 55.4 Å². The fourth-order valence-corrected chi connectivity index (χ4v) is 2.61. The third-order valence-corrected chi connectivity index (χ3v) is 4.22. The van der Waals surface area contributed by atoms with Crippen LogP contribution in [0, 0.1) is 17.1 Å². The van der Waals surface area contributed by atoms with Crippen LogP contribution in [0.4, 0.5) is 10.1 Å². The van der Waals surface area contributed by atoms with E-state index in [9.17, 15) is 9.18 Å². The van der Waals surface area contributed by atoms with E-state index in [1.165, 1.54) is 13.2 Å². The summed E-state index contributed by atoms with van der Waals surface area (Å²) in [7, 11) is 1.42. The van der Waals surface area contributed by atoms with Gasteiger partial charge in [-0.1, -0.05) is 13.0 Å². The zero-order valence-corrected chi connectivity index (χ0v) is 15.1. The van der Waals surface area contributed by atoms with E-state index in [2.05, 4.69) is 5.32 Å². The van der Waals surface area contributed by atoms with Gasteiger partial charge in [-0.2, -0.15) is 5.26 Å². The number of amides is 1. The number of nitrogens with one attached hydrogen (secondary N) is 1. The van der Waals surface area contributed by atoms with Crippen LogP contribution in [0.5, 0.6) is 5.75 Å². The van der Waals surface area contributed by atoms with Gasteiger partial charge in [0.05, 0.1) is 24.8 Å². The van der Waals surface area contributed by atoms with Gasteiger partial charge in [0, 0.05) is 12.2 Å². The minimum Gasteiger partial charge on any atom is -0.494 e. The smallest absolute Gasteiger partial charge is 0.241 e. The van der Waals surface area contributed by atoms with Gasteiger partial charge in [0.2, 0.25) is 5.91 Å². The molecule has 2 rings (SSSR count). The van der Waals surface area contributed by atoms with Crippen LogP contribution in [-0.4, -0.2) is 30.5 Å². The first-order valence-electron chi connectivity index (χ1n) is 8.36. The Morgan fingerprint density at radius 2 is 2.00 bits per heavy atom. The summed E-state index contributed by atoms with van der Waals surface area (Å²) >= 11 is 0. The third-order valence-electron chi connectivity index (χ3n) is 4.22. The van der Waals surface area contributed by atoms with Crippen molar-refractivity contribution in [2.75, 3.05) is 19.0 Å². The molecule has 2 aromatic carbocycles. The maximum absolute atomic E-state index is 13.9. The van der Waals surface area contributed by atoms with E-state index in [1.807, 2.05) is 24.8 Å². The Morgan fingerprint density at radius 3 is 2.54 bits per heavy atom. The molecule has 1 N–H and O–H groups in total. The quantitative estimate of drug-likeness (QED) is 0.825. The van der Waals surface area contributed by atoms with Crippen LogP contribution in [0.2, 0.25) is 0 Å². The molecule has 0 bridgehead atoms. The fraction of sp³-hybridized carbons (Fsp3) is 0.300. The molecule has 0 aliphatic heterocycles. The highest BCUT2D eigenvalue weighted by Gasteiger charge is 2.20. The third kappa shape index (κ3) is 4.80. The predicted octanol–water partition coefficient (Wildman–Crippen LogP) is 3.56. The Hall–Kier alpha value is -2.91. The zero-order valence-electron chi connectivity index (χ0n) is 15.1. The van der Waals surface area contributed by atoms with Gasteiger partial charge in [-0.15, -0.1) is 0 Å². The maximum atomic E-state index is 13.9. The van der Waals surface area contributed by atoms with Crippen molar-refractivity contribution in [3.05, 3.63) is 59.4 Å². The van der Waals surface area contributed by atoms with Gasteiger partial charge in [0.15, 0.2) is 11.6 Å². The number of nitrogens with zero attached hydrogens (tertiary/aromatic N) is 2. The van der Waals surface area contributed by atoms with Crippen molar-refractivity contribution in [2.45, 2.75) is 26.4 Å². The average molecular weight is 355 g/mol. The van der Waals surface area contributed by atoms with E-state index in [0.717, 1.165) is 5.56 Å². The molecule has 0 radical (unpaired) electrons. The molecular weight excluding hydrogens is 333 g/mol. The lowest BCUT2D eigenvalue weighted by atomic mass is 10.1. The molecule has 1 amide bonds. The van der Waals surface area contributed by atoms with Crippen LogP contribution >= 0.6 is 0 Å². The molecule has 6 heteroatoms. The summed E-state index contributed by atoms with van der Waals surface area (Å²) in [5, 5.41) is 11.7. The Balaban J connectivity index is 2.04. The van der Waals surface area contributed by atoms with Gasteiger partial charge < -0.3 is 10.1 Å². The number of hydrogen-bond donors (Lipinski definition) is 1. The number of halogens is 1. The largest absolute Gasteiger partial charge is 0.494 e. The lowest BCUT2D eigenvalue weighted by Crippen LogP contribution is -2.41. The summed E-state index contributed by atoms with van der Waals surface area (Å²) in [6.45, 7) is 4.84. The maximum Gasteiger partial charge on any atom is 0.241 e. The SMILES string of the molecule is CCN(Cc1ccc(OC)c(F)c1)[C@H](C)C(=O)Nc1ccc(C#N)cc1. The highest BCUT2D eigenvalue weighted by atomic mass is 19.1. The monoisotopic (exact) mass is 355 g/mol. The number of anilines is 1.